The van der Waals surface area contributed by atoms with E-state index in [9.17, 15) is 4.79 Å². The van der Waals surface area contributed by atoms with Gasteiger partial charge in [-0.25, -0.2) is 0 Å². The van der Waals surface area contributed by atoms with Crippen LogP contribution in [0, 0.1) is 13.8 Å². The fourth-order valence-electron chi connectivity index (χ4n) is 3.24. The molecule has 0 unspecified atom stereocenters. The maximum atomic E-state index is 12.6. The van der Waals surface area contributed by atoms with E-state index in [1.165, 1.54) is 0 Å². The number of nitrogens with zero attached hydrogens (tertiary/aromatic N) is 2. The van der Waals surface area contributed by atoms with Crippen LogP contribution < -0.4 is 10.7 Å². The molecular weight excluding hydrogens is 344 g/mol. The fraction of sp³-hybridized carbons (Fsp3) is 0.250. The smallest absolute Gasteiger partial charge is 0.292 e. The Morgan fingerprint density at radius 3 is 2.74 bits per heavy atom. The van der Waals surface area contributed by atoms with E-state index in [1.807, 2.05) is 37.3 Å². The number of aromatic nitrogens is 1. The predicted molar refractivity (Wildman–Crippen MR) is 102 cm³/mol. The first-order valence-electron chi connectivity index (χ1n) is 8.87. The van der Waals surface area contributed by atoms with Gasteiger partial charge in [0.15, 0.2) is 11.6 Å². The summed E-state index contributed by atoms with van der Waals surface area (Å²) in [5, 5.41) is 11.1. The number of carbonyl (C=O) groups is 1. The van der Waals surface area contributed by atoms with Crippen LogP contribution >= 0.6 is 0 Å². The number of hydrogen-bond donors (Lipinski definition) is 2. The molecule has 138 valence electrons. The number of rotatable bonds is 4. The molecule has 0 bridgehead atoms. The summed E-state index contributed by atoms with van der Waals surface area (Å²) >= 11 is 0. The van der Waals surface area contributed by atoms with E-state index in [0.29, 0.717) is 11.6 Å². The van der Waals surface area contributed by atoms with Crippen molar-refractivity contribution >= 4 is 23.1 Å². The van der Waals surface area contributed by atoms with Crippen LogP contribution in [0.1, 0.15) is 46.0 Å². The van der Waals surface area contributed by atoms with Gasteiger partial charge in [-0.05, 0) is 38.8 Å². The minimum absolute atomic E-state index is 0.287. The second kappa shape index (κ2) is 7.11. The first-order chi connectivity index (χ1) is 13.1. The van der Waals surface area contributed by atoms with Crippen molar-refractivity contribution < 1.29 is 13.7 Å². The number of aryl methyl sites for hydroxylation is 2. The molecule has 2 heterocycles. The number of hydrogen-bond acceptors (Lipinski definition) is 6. The van der Waals surface area contributed by atoms with Crippen LogP contribution in [0.4, 0.5) is 11.5 Å². The lowest BCUT2D eigenvalue weighted by molar-refractivity contribution is 0.0993. The Bertz CT molecular complexity index is 1000. The van der Waals surface area contributed by atoms with Gasteiger partial charge in [-0.3, -0.25) is 10.2 Å². The van der Waals surface area contributed by atoms with E-state index in [-0.39, 0.29) is 11.7 Å². The van der Waals surface area contributed by atoms with Crippen LogP contribution in [0.3, 0.4) is 0 Å². The number of benzene rings is 1. The SMILES string of the molecule is Cc1cc(NC(=O)c2oc3c(c2C)/C(=N/Nc2ccccc2)CCC3)no1. The summed E-state index contributed by atoms with van der Waals surface area (Å²) in [6.45, 7) is 3.65. The highest BCUT2D eigenvalue weighted by molar-refractivity contribution is 6.09. The quantitative estimate of drug-likeness (QED) is 0.674. The third kappa shape index (κ3) is 3.48. The van der Waals surface area contributed by atoms with Crippen molar-refractivity contribution in [1.82, 2.24) is 5.16 Å². The Morgan fingerprint density at radius 2 is 2.00 bits per heavy atom. The minimum Gasteiger partial charge on any atom is -0.455 e. The van der Waals surface area contributed by atoms with Crippen LogP contribution in [-0.2, 0) is 6.42 Å². The Labute approximate surface area is 156 Å². The summed E-state index contributed by atoms with van der Waals surface area (Å²) in [7, 11) is 0. The lowest BCUT2D eigenvalue weighted by Crippen LogP contribution is -2.14. The van der Waals surface area contributed by atoms with Crippen LogP contribution in [0.25, 0.3) is 0 Å². The summed E-state index contributed by atoms with van der Waals surface area (Å²) in [5.41, 5.74) is 6.61. The second-order valence-corrected chi connectivity index (χ2v) is 6.52. The normalized spacial score (nSPS) is 14.8. The van der Waals surface area contributed by atoms with E-state index < -0.39 is 0 Å². The molecule has 1 aliphatic rings. The van der Waals surface area contributed by atoms with E-state index in [4.69, 9.17) is 8.94 Å². The van der Waals surface area contributed by atoms with Gasteiger partial charge in [0.1, 0.15) is 11.5 Å². The van der Waals surface area contributed by atoms with Crippen LogP contribution in [-0.4, -0.2) is 16.8 Å². The molecule has 1 amide bonds. The van der Waals surface area contributed by atoms with Gasteiger partial charge in [0.05, 0.1) is 11.4 Å². The molecule has 4 rings (SSSR count). The Kier molecular flexibility index (Phi) is 4.50. The van der Waals surface area contributed by atoms with Crippen LogP contribution in [0.15, 0.2) is 50.4 Å². The van der Waals surface area contributed by atoms with E-state index in [1.54, 1.807) is 13.0 Å². The van der Waals surface area contributed by atoms with Crippen molar-refractivity contribution in [2.75, 3.05) is 10.7 Å². The van der Waals surface area contributed by atoms with E-state index in [2.05, 4.69) is 21.0 Å². The number of hydrazone groups is 1. The number of anilines is 2. The molecule has 0 spiro atoms. The third-order valence-electron chi connectivity index (χ3n) is 4.50. The number of amides is 1. The van der Waals surface area contributed by atoms with Crippen molar-refractivity contribution in [3.63, 3.8) is 0 Å². The van der Waals surface area contributed by atoms with Crippen molar-refractivity contribution in [3.05, 3.63) is 64.8 Å². The summed E-state index contributed by atoms with van der Waals surface area (Å²) < 4.78 is 10.9. The van der Waals surface area contributed by atoms with Gasteiger partial charge < -0.3 is 14.3 Å². The molecule has 0 radical (unpaired) electrons. The van der Waals surface area contributed by atoms with Crippen molar-refractivity contribution in [3.8, 4) is 0 Å². The highest BCUT2D eigenvalue weighted by Crippen LogP contribution is 2.30. The molecule has 0 aliphatic heterocycles. The molecule has 0 saturated carbocycles. The lowest BCUT2D eigenvalue weighted by Gasteiger charge is -2.13. The first-order valence-corrected chi connectivity index (χ1v) is 8.87. The van der Waals surface area contributed by atoms with Gasteiger partial charge in [0.2, 0.25) is 0 Å². The molecule has 1 aliphatic carbocycles. The van der Waals surface area contributed by atoms with Gasteiger partial charge in [-0.1, -0.05) is 23.4 Å². The Morgan fingerprint density at radius 1 is 1.19 bits per heavy atom. The summed E-state index contributed by atoms with van der Waals surface area (Å²) in [4.78, 5) is 12.6. The number of carbonyl (C=O) groups excluding carboxylic acids is 1. The number of furan rings is 1. The van der Waals surface area contributed by atoms with Gasteiger partial charge in [-0.2, -0.15) is 5.10 Å². The van der Waals surface area contributed by atoms with Crippen molar-refractivity contribution in [2.45, 2.75) is 33.1 Å². The molecule has 7 nitrogen and oxygen atoms in total. The molecule has 27 heavy (non-hydrogen) atoms. The first kappa shape index (κ1) is 17.1. The van der Waals surface area contributed by atoms with E-state index in [0.717, 1.165) is 47.5 Å². The average molecular weight is 364 g/mol. The topological polar surface area (TPSA) is 92.7 Å². The van der Waals surface area contributed by atoms with Gasteiger partial charge >= 0.3 is 0 Å². The second-order valence-electron chi connectivity index (χ2n) is 6.52. The number of nitrogens with one attached hydrogen (secondary N) is 2. The van der Waals surface area contributed by atoms with Crippen LogP contribution in [0.5, 0.6) is 0 Å². The molecular formula is C20H20N4O3. The van der Waals surface area contributed by atoms with Crippen molar-refractivity contribution in [1.29, 1.82) is 0 Å². The Hall–Kier alpha value is -3.35. The third-order valence-corrected chi connectivity index (χ3v) is 4.50. The highest BCUT2D eigenvalue weighted by atomic mass is 16.5. The molecule has 2 N–H and O–H groups in total. The Balaban J connectivity index is 1.60. The number of para-hydroxylation sites is 1. The summed E-state index contributed by atoms with van der Waals surface area (Å²) in [5.74, 6) is 1.74. The molecule has 2 aromatic heterocycles. The molecule has 7 heteroatoms. The van der Waals surface area contributed by atoms with Gasteiger partial charge in [0.25, 0.3) is 5.91 Å². The molecule has 0 fully saturated rings. The number of fused-ring (bicyclic) bond motifs is 1. The largest absolute Gasteiger partial charge is 0.455 e. The molecule has 0 saturated heterocycles. The standard InChI is InChI=1S/C20H20N4O3/c1-12-11-17(24-27-12)21-20(25)19-13(2)18-15(9-6-10-16(18)26-19)23-22-14-7-4-3-5-8-14/h3-5,7-8,11,22H,6,9-10H2,1-2H3,(H,21,24,25)/b23-15+. The average Bonchev–Trinajstić information content (AvgIpc) is 3.24. The lowest BCUT2D eigenvalue weighted by atomic mass is 9.93. The van der Waals surface area contributed by atoms with Gasteiger partial charge in [-0.15, -0.1) is 0 Å². The zero-order valence-electron chi connectivity index (χ0n) is 15.2. The van der Waals surface area contributed by atoms with Gasteiger partial charge in [0, 0.05) is 23.6 Å². The molecule has 1 aromatic carbocycles. The fourth-order valence-corrected chi connectivity index (χ4v) is 3.24. The molecule has 3 aromatic rings. The van der Waals surface area contributed by atoms with Crippen LogP contribution in [0.2, 0.25) is 0 Å². The monoisotopic (exact) mass is 364 g/mol. The molecule has 0 atom stereocenters. The zero-order valence-corrected chi connectivity index (χ0v) is 15.2. The predicted octanol–water partition coefficient (Wildman–Crippen LogP) is 4.29. The minimum atomic E-state index is -0.342. The van der Waals surface area contributed by atoms with E-state index >= 15 is 0 Å². The maximum absolute atomic E-state index is 12.6. The summed E-state index contributed by atoms with van der Waals surface area (Å²) in [6, 6.07) is 11.4. The van der Waals surface area contributed by atoms with Crippen molar-refractivity contribution in [2.24, 2.45) is 5.10 Å². The zero-order chi connectivity index (χ0) is 18.8. The maximum Gasteiger partial charge on any atom is 0.292 e. The summed E-state index contributed by atoms with van der Waals surface area (Å²) in [6.07, 6.45) is 2.55. The highest BCUT2D eigenvalue weighted by Gasteiger charge is 2.28.